The quantitative estimate of drug-likeness (QED) is 0.0299. The van der Waals surface area contributed by atoms with Crippen molar-refractivity contribution < 1.29 is 28.8 Å². The molecule has 0 heterocycles. The van der Waals surface area contributed by atoms with Crippen LogP contribution in [-0.4, -0.2) is 39.6 Å². The molecule has 0 aromatic heterocycles. The van der Waals surface area contributed by atoms with Crippen LogP contribution in [0.3, 0.4) is 0 Å². The Morgan fingerprint density at radius 1 is 0.609 bits per heavy atom. The maximum absolute atomic E-state index is 12.5. The fourth-order valence-corrected chi connectivity index (χ4v) is 6.34. The van der Waals surface area contributed by atoms with Gasteiger partial charge >= 0.3 is 7.82 Å². The molecule has 0 aromatic carbocycles. The van der Waals surface area contributed by atoms with Crippen LogP contribution in [0.25, 0.3) is 0 Å². The molecule has 7 nitrogen and oxygen atoms in total. The first kappa shape index (κ1) is 45.3. The molecule has 274 valence electrons. The van der Waals surface area contributed by atoms with Gasteiger partial charge in [-0.25, -0.2) is 4.57 Å². The summed E-state index contributed by atoms with van der Waals surface area (Å²) < 4.78 is 15.8. The van der Waals surface area contributed by atoms with Crippen molar-refractivity contribution in [2.24, 2.45) is 0 Å². The van der Waals surface area contributed by atoms with Gasteiger partial charge in [0.05, 0.1) is 18.8 Å². The lowest BCUT2D eigenvalue weighted by Crippen LogP contribution is -2.45. The SMILES string of the molecule is CCCCCCCCCC/C=C/[C@@H](O)[C@H](COP(=O)(O)O)NC(=O)CCCCCCCCCCCCCCCCCCCCCC. The summed E-state index contributed by atoms with van der Waals surface area (Å²) in [5, 5.41) is 13.3. The van der Waals surface area contributed by atoms with Crippen LogP contribution < -0.4 is 5.32 Å². The number of nitrogens with one attached hydrogen (secondary N) is 1. The number of aliphatic hydroxyl groups is 1. The Morgan fingerprint density at radius 3 is 1.33 bits per heavy atom. The predicted octanol–water partition coefficient (Wildman–Crippen LogP) is 11.2. The van der Waals surface area contributed by atoms with E-state index in [4.69, 9.17) is 9.79 Å². The number of hydrogen-bond donors (Lipinski definition) is 4. The van der Waals surface area contributed by atoms with Crippen LogP contribution in [0.2, 0.25) is 0 Å². The molecular formula is C38H76NO6P. The number of carbonyl (C=O) groups is 1. The number of phosphoric ester groups is 1. The van der Waals surface area contributed by atoms with Crippen LogP contribution in [0, 0.1) is 0 Å². The van der Waals surface area contributed by atoms with Crippen molar-refractivity contribution in [3.8, 4) is 0 Å². The Hall–Kier alpha value is -0.720. The molecular weight excluding hydrogens is 597 g/mol. The topological polar surface area (TPSA) is 116 Å². The minimum absolute atomic E-state index is 0.225. The molecule has 0 saturated carbocycles. The number of rotatable bonds is 36. The maximum Gasteiger partial charge on any atom is 0.469 e. The first-order chi connectivity index (χ1) is 22.3. The fourth-order valence-electron chi connectivity index (χ4n) is 5.99. The Labute approximate surface area is 284 Å². The highest BCUT2D eigenvalue weighted by Gasteiger charge is 2.24. The fraction of sp³-hybridized carbons (Fsp3) is 0.921. The van der Waals surface area contributed by atoms with Crippen molar-refractivity contribution in [1.82, 2.24) is 5.32 Å². The van der Waals surface area contributed by atoms with E-state index < -0.39 is 26.6 Å². The van der Waals surface area contributed by atoms with Gasteiger partial charge in [0.15, 0.2) is 0 Å². The minimum Gasteiger partial charge on any atom is -0.387 e. The smallest absolute Gasteiger partial charge is 0.387 e. The van der Waals surface area contributed by atoms with Gasteiger partial charge in [-0.2, -0.15) is 0 Å². The molecule has 0 aliphatic rings. The third kappa shape index (κ3) is 34.6. The van der Waals surface area contributed by atoms with Crippen molar-refractivity contribution in [3.05, 3.63) is 12.2 Å². The second-order valence-corrected chi connectivity index (χ2v) is 14.8. The zero-order chi connectivity index (χ0) is 34.0. The van der Waals surface area contributed by atoms with Crippen molar-refractivity contribution in [2.75, 3.05) is 6.61 Å². The summed E-state index contributed by atoms with van der Waals surface area (Å²) >= 11 is 0. The van der Waals surface area contributed by atoms with Crippen LogP contribution in [0.4, 0.5) is 0 Å². The van der Waals surface area contributed by atoms with Crippen molar-refractivity contribution >= 4 is 13.7 Å². The molecule has 0 spiro atoms. The van der Waals surface area contributed by atoms with Gasteiger partial charge in [0.1, 0.15) is 0 Å². The highest BCUT2D eigenvalue weighted by atomic mass is 31.2. The van der Waals surface area contributed by atoms with Gasteiger partial charge in [-0.1, -0.05) is 193 Å². The lowest BCUT2D eigenvalue weighted by atomic mass is 10.0. The number of carbonyl (C=O) groups excluding carboxylic acids is 1. The summed E-state index contributed by atoms with van der Waals surface area (Å²) in [5.41, 5.74) is 0. The van der Waals surface area contributed by atoms with E-state index in [2.05, 4.69) is 23.7 Å². The molecule has 0 aromatic rings. The second kappa shape index (κ2) is 34.2. The summed E-state index contributed by atoms with van der Waals surface area (Å²) in [4.78, 5) is 30.7. The van der Waals surface area contributed by atoms with E-state index in [0.717, 1.165) is 38.5 Å². The Morgan fingerprint density at radius 2 is 0.957 bits per heavy atom. The molecule has 4 N–H and O–H groups in total. The average molecular weight is 674 g/mol. The summed E-state index contributed by atoms with van der Waals surface area (Å²) in [6.07, 6.45) is 39.5. The van der Waals surface area contributed by atoms with Crippen LogP contribution in [0.5, 0.6) is 0 Å². The predicted molar refractivity (Wildman–Crippen MR) is 195 cm³/mol. The molecule has 0 radical (unpaired) electrons. The van der Waals surface area contributed by atoms with E-state index in [-0.39, 0.29) is 5.91 Å². The van der Waals surface area contributed by atoms with Crippen LogP contribution in [0.1, 0.15) is 206 Å². The zero-order valence-corrected chi connectivity index (χ0v) is 31.1. The van der Waals surface area contributed by atoms with Crippen molar-refractivity contribution in [2.45, 2.75) is 219 Å². The maximum atomic E-state index is 12.5. The molecule has 0 unspecified atom stereocenters. The molecule has 46 heavy (non-hydrogen) atoms. The normalized spacial score (nSPS) is 13.4. The van der Waals surface area contributed by atoms with E-state index in [9.17, 15) is 14.5 Å². The van der Waals surface area contributed by atoms with Gasteiger partial charge in [-0.05, 0) is 19.3 Å². The summed E-state index contributed by atoms with van der Waals surface area (Å²) in [6.45, 7) is 4.05. The van der Waals surface area contributed by atoms with E-state index in [1.165, 1.54) is 148 Å². The van der Waals surface area contributed by atoms with Crippen LogP contribution in [-0.2, 0) is 13.9 Å². The number of amides is 1. The number of aliphatic hydroxyl groups excluding tert-OH is 1. The first-order valence-electron chi connectivity index (χ1n) is 19.6. The molecule has 1 amide bonds. The molecule has 8 heteroatoms. The van der Waals surface area contributed by atoms with Gasteiger partial charge in [0.25, 0.3) is 0 Å². The standard InChI is InChI=1S/C38H76NO6P/c1-3-5-7-9-11-13-15-16-17-18-19-20-21-22-23-24-26-28-30-32-34-38(41)39-36(35-45-46(42,43)44)37(40)33-31-29-27-25-14-12-10-8-6-4-2/h31,33,36-37,40H,3-30,32,34-35H2,1-2H3,(H,39,41)(H2,42,43,44)/b33-31+/t36-,37+/m0/s1. The third-order valence-electron chi connectivity index (χ3n) is 9.00. The van der Waals surface area contributed by atoms with E-state index in [1.807, 2.05) is 6.08 Å². The van der Waals surface area contributed by atoms with E-state index in [1.54, 1.807) is 6.08 Å². The van der Waals surface area contributed by atoms with Crippen molar-refractivity contribution in [3.63, 3.8) is 0 Å². The molecule has 0 bridgehead atoms. The Kier molecular flexibility index (Phi) is 33.6. The average Bonchev–Trinajstić information content (AvgIpc) is 3.02. The van der Waals surface area contributed by atoms with Gasteiger partial charge in [-0.3, -0.25) is 9.32 Å². The largest absolute Gasteiger partial charge is 0.469 e. The van der Waals surface area contributed by atoms with E-state index >= 15 is 0 Å². The lowest BCUT2D eigenvalue weighted by molar-refractivity contribution is -0.123. The number of allylic oxidation sites excluding steroid dienone is 1. The third-order valence-corrected chi connectivity index (χ3v) is 9.48. The van der Waals surface area contributed by atoms with Gasteiger partial charge in [0.2, 0.25) is 5.91 Å². The summed E-state index contributed by atoms with van der Waals surface area (Å²) in [6, 6.07) is -0.903. The molecule has 0 fully saturated rings. The van der Waals surface area contributed by atoms with Crippen LogP contribution >= 0.6 is 7.82 Å². The molecule has 0 rings (SSSR count). The minimum atomic E-state index is -4.70. The highest BCUT2D eigenvalue weighted by molar-refractivity contribution is 7.46. The van der Waals surface area contributed by atoms with E-state index in [0.29, 0.717) is 6.42 Å². The van der Waals surface area contributed by atoms with Gasteiger partial charge in [0, 0.05) is 6.42 Å². The summed E-state index contributed by atoms with van der Waals surface area (Å²) in [7, 11) is -4.70. The van der Waals surface area contributed by atoms with Crippen molar-refractivity contribution in [1.29, 1.82) is 0 Å². The zero-order valence-electron chi connectivity index (χ0n) is 30.2. The Bertz CT molecular complexity index is 728. The molecule has 2 atom stereocenters. The number of phosphoric acid groups is 1. The Balaban J connectivity index is 3.88. The molecule has 0 aliphatic heterocycles. The molecule has 0 saturated heterocycles. The van der Waals surface area contributed by atoms with Crippen LogP contribution in [0.15, 0.2) is 12.2 Å². The molecule has 0 aliphatic carbocycles. The summed E-state index contributed by atoms with van der Waals surface area (Å²) in [5.74, 6) is -0.225. The lowest BCUT2D eigenvalue weighted by Gasteiger charge is -2.22. The first-order valence-corrected chi connectivity index (χ1v) is 21.2. The second-order valence-electron chi connectivity index (χ2n) is 13.6. The highest BCUT2D eigenvalue weighted by Crippen LogP contribution is 2.35. The van der Waals surface area contributed by atoms with Gasteiger partial charge in [-0.15, -0.1) is 0 Å². The number of hydrogen-bond acceptors (Lipinski definition) is 4. The number of unbranched alkanes of at least 4 members (excludes halogenated alkanes) is 27. The monoisotopic (exact) mass is 674 g/mol. The van der Waals surface area contributed by atoms with Gasteiger partial charge < -0.3 is 20.2 Å².